The Bertz CT molecular complexity index is 344. The highest BCUT2D eigenvalue weighted by Crippen LogP contribution is 2.39. The molecule has 16 heavy (non-hydrogen) atoms. The molecule has 2 unspecified atom stereocenters. The number of imide groups is 1. The summed E-state index contributed by atoms with van der Waals surface area (Å²) in [6, 6.07) is -0.860. The number of amides is 3. The van der Waals surface area contributed by atoms with Crippen molar-refractivity contribution >= 4 is 11.9 Å². The number of carbonyl (C=O) groups excluding carboxylic acids is 2. The molecule has 0 aromatic heterocycles. The van der Waals surface area contributed by atoms with Crippen molar-refractivity contribution in [2.45, 2.75) is 18.1 Å². The zero-order valence-electron chi connectivity index (χ0n) is 8.15. The lowest BCUT2D eigenvalue weighted by atomic mass is 9.78. The first-order chi connectivity index (χ1) is 7.36. The fourth-order valence-electron chi connectivity index (χ4n) is 2.20. The van der Waals surface area contributed by atoms with Crippen molar-refractivity contribution in [3.8, 4) is 0 Å². The lowest BCUT2D eigenvalue weighted by Crippen LogP contribution is -2.64. The van der Waals surface area contributed by atoms with Crippen LogP contribution in [-0.2, 0) is 4.79 Å². The maximum absolute atomic E-state index is 12.8. The monoisotopic (exact) mass is 237 g/mol. The smallest absolute Gasteiger partial charge is 0.323 e. The SMILES string of the molecule is O=C1NC(=O)C2(CCNCC2C(F)(F)F)N1. The van der Waals surface area contributed by atoms with Crippen LogP contribution in [0.25, 0.3) is 0 Å². The van der Waals surface area contributed by atoms with E-state index in [2.05, 4.69) is 10.6 Å². The summed E-state index contributed by atoms with van der Waals surface area (Å²) in [5.74, 6) is -2.78. The summed E-state index contributed by atoms with van der Waals surface area (Å²) in [6.45, 7) is -0.0997. The molecule has 0 aromatic carbocycles. The number of halogens is 3. The van der Waals surface area contributed by atoms with E-state index in [1.54, 1.807) is 0 Å². The van der Waals surface area contributed by atoms with E-state index in [-0.39, 0.29) is 19.5 Å². The molecule has 2 fully saturated rings. The van der Waals surface area contributed by atoms with Gasteiger partial charge < -0.3 is 10.6 Å². The molecule has 0 aliphatic carbocycles. The van der Waals surface area contributed by atoms with Crippen molar-refractivity contribution in [3.05, 3.63) is 0 Å². The second kappa shape index (κ2) is 3.34. The van der Waals surface area contributed by atoms with Gasteiger partial charge in [0.05, 0.1) is 5.92 Å². The Morgan fingerprint density at radius 3 is 2.50 bits per heavy atom. The third kappa shape index (κ3) is 1.53. The molecule has 2 rings (SSSR count). The molecule has 8 heteroatoms. The normalized spacial score (nSPS) is 35.1. The van der Waals surface area contributed by atoms with Gasteiger partial charge in [-0.15, -0.1) is 0 Å². The van der Waals surface area contributed by atoms with Gasteiger partial charge in [0.2, 0.25) is 0 Å². The van der Waals surface area contributed by atoms with Gasteiger partial charge in [-0.3, -0.25) is 10.1 Å². The van der Waals surface area contributed by atoms with Crippen LogP contribution in [0.1, 0.15) is 6.42 Å². The van der Waals surface area contributed by atoms with Crippen LogP contribution in [0.3, 0.4) is 0 Å². The molecule has 90 valence electrons. The summed E-state index contributed by atoms with van der Waals surface area (Å²) < 4.78 is 38.3. The first-order valence-corrected chi connectivity index (χ1v) is 4.77. The molecule has 2 atom stereocenters. The second-order valence-corrected chi connectivity index (χ2v) is 3.93. The molecule has 0 bridgehead atoms. The average molecular weight is 237 g/mol. The maximum atomic E-state index is 12.8. The second-order valence-electron chi connectivity index (χ2n) is 3.93. The Kier molecular flexibility index (Phi) is 2.33. The van der Waals surface area contributed by atoms with Gasteiger partial charge in [0.1, 0.15) is 5.54 Å². The summed E-state index contributed by atoms with van der Waals surface area (Å²) in [5.41, 5.74) is -1.83. The van der Waals surface area contributed by atoms with Crippen molar-refractivity contribution in [1.29, 1.82) is 0 Å². The Balaban J connectivity index is 2.35. The molecule has 2 heterocycles. The number of carbonyl (C=O) groups is 2. The number of rotatable bonds is 0. The molecule has 1 spiro atoms. The van der Waals surface area contributed by atoms with E-state index in [9.17, 15) is 22.8 Å². The van der Waals surface area contributed by atoms with E-state index in [4.69, 9.17) is 0 Å². The first kappa shape index (κ1) is 11.2. The molecule has 2 aliphatic rings. The lowest BCUT2D eigenvalue weighted by molar-refractivity contribution is -0.199. The minimum Gasteiger partial charge on any atom is -0.323 e. The maximum Gasteiger partial charge on any atom is 0.395 e. The predicted octanol–water partition coefficient (Wildman–Crippen LogP) is -0.264. The van der Waals surface area contributed by atoms with E-state index >= 15 is 0 Å². The molecule has 3 N–H and O–H groups in total. The molecule has 3 amide bonds. The predicted molar refractivity (Wildman–Crippen MR) is 46.4 cm³/mol. The van der Waals surface area contributed by atoms with E-state index < -0.39 is 29.6 Å². The van der Waals surface area contributed by atoms with Crippen LogP contribution < -0.4 is 16.0 Å². The van der Waals surface area contributed by atoms with E-state index in [0.717, 1.165) is 0 Å². The molecular formula is C8H10F3N3O2. The molecule has 0 aromatic rings. The third-order valence-corrected chi connectivity index (χ3v) is 3.00. The summed E-state index contributed by atoms with van der Waals surface area (Å²) in [5, 5.41) is 6.56. The van der Waals surface area contributed by atoms with Gasteiger partial charge >= 0.3 is 12.2 Å². The number of alkyl halides is 3. The van der Waals surface area contributed by atoms with Crippen LogP contribution in [0, 0.1) is 5.92 Å². The molecule has 0 radical (unpaired) electrons. The van der Waals surface area contributed by atoms with Crippen molar-refractivity contribution in [2.24, 2.45) is 5.92 Å². The highest BCUT2D eigenvalue weighted by molar-refractivity contribution is 6.07. The van der Waals surface area contributed by atoms with Crippen LogP contribution in [0.15, 0.2) is 0 Å². The highest BCUT2D eigenvalue weighted by Gasteiger charge is 2.61. The minimum absolute atomic E-state index is 0.0608. The fraction of sp³-hybridized carbons (Fsp3) is 0.750. The number of nitrogens with one attached hydrogen (secondary N) is 3. The lowest BCUT2D eigenvalue weighted by Gasteiger charge is -2.39. The van der Waals surface area contributed by atoms with Gasteiger partial charge in [-0.25, -0.2) is 4.79 Å². The number of urea groups is 1. The van der Waals surface area contributed by atoms with Gasteiger partial charge in [0.25, 0.3) is 5.91 Å². The summed E-state index contributed by atoms with van der Waals surface area (Å²) in [6.07, 6.45) is -4.59. The van der Waals surface area contributed by atoms with Crippen LogP contribution in [0.5, 0.6) is 0 Å². The van der Waals surface area contributed by atoms with Gasteiger partial charge in [0.15, 0.2) is 0 Å². The fourth-order valence-corrected chi connectivity index (χ4v) is 2.20. The van der Waals surface area contributed by atoms with E-state index in [1.807, 2.05) is 5.32 Å². The Morgan fingerprint density at radius 2 is 2.00 bits per heavy atom. The Labute approximate surface area is 88.8 Å². The molecule has 0 saturated carbocycles. The van der Waals surface area contributed by atoms with Crippen molar-refractivity contribution in [3.63, 3.8) is 0 Å². The molecule has 2 aliphatic heterocycles. The summed E-state index contributed by atoms with van der Waals surface area (Å²) in [4.78, 5) is 22.5. The van der Waals surface area contributed by atoms with Gasteiger partial charge in [-0.1, -0.05) is 0 Å². The topological polar surface area (TPSA) is 70.2 Å². The molecule has 5 nitrogen and oxygen atoms in total. The minimum atomic E-state index is -4.53. The molecular weight excluding hydrogens is 227 g/mol. The number of piperidine rings is 1. The largest absolute Gasteiger partial charge is 0.395 e. The van der Waals surface area contributed by atoms with Gasteiger partial charge in [0, 0.05) is 6.54 Å². The van der Waals surface area contributed by atoms with Crippen LogP contribution >= 0.6 is 0 Å². The summed E-state index contributed by atoms with van der Waals surface area (Å²) in [7, 11) is 0. The highest BCUT2D eigenvalue weighted by atomic mass is 19.4. The third-order valence-electron chi connectivity index (χ3n) is 3.00. The zero-order valence-corrected chi connectivity index (χ0v) is 8.15. The number of hydrogen-bond donors (Lipinski definition) is 3. The zero-order chi connectivity index (χ0) is 12.0. The van der Waals surface area contributed by atoms with Crippen molar-refractivity contribution in [1.82, 2.24) is 16.0 Å². The number of hydrogen-bond acceptors (Lipinski definition) is 3. The standard InChI is InChI=1S/C8H10F3N3O2/c9-8(10,11)4-3-12-2-1-7(4)5(15)13-6(16)14-7/h4,12H,1-3H2,(H2,13,14,15,16). The van der Waals surface area contributed by atoms with Crippen LogP contribution in [0.4, 0.5) is 18.0 Å². The van der Waals surface area contributed by atoms with E-state index in [1.165, 1.54) is 0 Å². The van der Waals surface area contributed by atoms with Crippen LogP contribution in [0.2, 0.25) is 0 Å². The first-order valence-electron chi connectivity index (χ1n) is 4.77. The Hall–Kier alpha value is -1.31. The summed E-state index contributed by atoms with van der Waals surface area (Å²) >= 11 is 0. The Morgan fingerprint density at radius 1 is 1.31 bits per heavy atom. The van der Waals surface area contributed by atoms with E-state index in [0.29, 0.717) is 0 Å². The van der Waals surface area contributed by atoms with Crippen molar-refractivity contribution in [2.75, 3.05) is 13.1 Å². The van der Waals surface area contributed by atoms with Gasteiger partial charge in [-0.05, 0) is 13.0 Å². The van der Waals surface area contributed by atoms with Crippen molar-refractivity contribution < 1.29 is 22.8 Å². The quantitative estimate of drug-likeness (QED) is 0.508. The van der Waals surface area contributed by atoms with Crippen LogP contribution in [-0.4, -0.2) is 36.7 Å². The van der Waals surface area contributed by atoms with Gasteiger partial charge in [-0.2, -0.15) is 13.2 Å². The average Bonchev–Trinajstić information content (AvgIpc) is 2.41. The molecule has 2 saturated heterocycles.